The summed E-state index contributed by atoms with van der Waals surface area (Å²) in [5.41, 5.74) is 0.694. The fourth-order valence-corrected chi connectivity index (χ4v) is 3.24. The predicted molar refractivity (Wildman–Crippen MR) is 127 cm³/mol. The lowest BCUT2D eigenvalue weighted by Gasteiger charge is -2.26. The van der Waals surface area contributed by atoms with Crippen molar-refractivity contribution in [3.8, 4) is 11.5 Å². The first-order valence-corrected chi connectivity index (χ1v) is 10.7. The van der Waals surface area contributed by atoms with E-state index in [1.165, 1.54) is 47.8 Å². The molecule has 0 fully saturated rings. The van der Waals surface area contributed by atoms with Crippen molar-refractivity contribution in [1.29, 1.82) is 0 Å². The maximum Gasteiger partial charge on any atom is 0.257 e. The normalized spacial score (nSPS) is 11.4. The van der Waals surface area contributed by atoms with Crippen molar-refractivity contribution in [2.24, 2.45) is 0 Å². The van der Waals surface area contributed by atoms with E-state index in [1.807, 2.05) is 0 Å². The van der Waals surface area contributed by atoms with Crippen LogP contribution in [0.5, 0.6) is 11.5 Å². The summed E-state index contributed by atoms with van der Waals surface area (Å²) >= 11 is 0. The van der Waals surface area contributed by atoms with Crippen LogP contribution in [0.1, 0.15) is 10.4 Å². The Kier molecular flexibility index (Phi) is 7.39. The predicted octanol–water partition coefficient (Wildman–Crippen LogP) is 3.86. The first-order chi connectivity index (χ1) is 17.0. The standard InChI is InChI=1S/C26H21FN4O4/c27-19-6-10-21(11-7-19)35-22-12-8-20(9-13-22)31(24-5-1-2-15-29-24)26(34)23(17-32)30-25(33)18-4-3-14-28-16-18/h1-16,23,32H,17H2,(H,30,33). The highest BCUT2D eigenvalue weighted by atomic mass is 19.1. The van der Waals surface area contributed by atoms with Crippen molar-refractivity contribution in [2.45, 2.75) is 6.04 Å². The maximum absolute atomic E-state index is 13.5. The molecule has 0 radical (unpaired) electrons. The van der Waals surface area contributed by atoms with E-state index in [-0.39, 0.29) is 11.4 Å². The van der Waals surface area contributed by atoms with Crippen molar-refractivity contribution < 1.29 is 23.8 Å². The van der Waals surface area contributed by atoms with Gasteiger partial charge in [0.15, 0.2) is 0 Å². The molecule has 4 rings (SSSR count). The summed E-state index contributed by atoms with van der Waals surface area (Å²) in [5, 5.41) is 12.5. The van der Waals surface area contributed by atoms with E-state index in [0.29, 0.717) is 23.0 Å². The average Bonchev–Trinajstić information content (AvgIpc) is 2.90. The lowest BCUT2D eigenvalue weighted by Crippen LogP contribution is -2.49. The number of halogens is 1. The second-order valence-electron chi connectivity index (χ2n) is 7.36. The number of rotatable bonds is 8. The number of hydrogen-bond acceptors (Lipinski definition) is 6. The van der Waals surface area contributed by atoms with Crippen LogP contribution in [-0.4, -0.2) is 39.5 Å². The van der Waals surface area contributed by atoms with Gasteiger partial charge in [-0.1, -0.05) is 6.07 Å². The van der Waals surface area contributed by atoms with Gasteiger partial charge in [-0.3, -0.25) is 19.5 Å². The van der Waals surface area contributed by atoms with Gasteiger partial charge in [0.2, 0.25) is 0 Å². The Balaban J connectivity index is 1.58. The van der Waals surface area contributed by atoms with Crippen molar-refractivity contribution in [3.63, 3.8) is 0 Å². The molecule has 1 atom stereocenters. The van der Waals surface area contributed by atoms with Crippen LogP contribution < -0.4 is 15.0 Å². The molecule has 0 aliphatic heterocycles. The minimum Gasteiger partial charge on any atom is -0.457 e. The third-order valence-corrected chi connectivity index (χ3v) is 4.95. The van der Waals surface area contributed by atoms with E-state index in [9.17, 15) is 19.1 Å². The van der Waals surface area contributed by atoms with Gasteiger partial charge in [0, 0.05) is 18.6 Å². The molecule has 0 saturated heterocycles. The zero-order valence-electron chi connectivity index (χ0n) is 18.4. The van der Waals surface area contributed by atoms with Crippen LogP contribution in [-0.2, 0) is 4.79 Å². The Morgan fingerprint density at radius 1 is 0.943 bits per heavy atom. The number of anilines is 2. The van der Waals surface area contributed by atoms with Crippen molar-refractivity contribution >= 4 is 23.3 Å². The lowest BCUT2D eigenvalue weighted by atomic mass is 10.2. The second-order valence-corrected chi connectivity index (χ2v) is 7.36. The molecule has 176 valence electrons. The molecule has 2 heterocycles. The van der Waals surface area contributed by atoms with Gasteiger partial charge in [0.1, 0.15) is 29.2 Å². The quantitative estimate of drug-likeness (QED) is 0.404. The minimum absolute atomic E-state index is 0.255. The number of carbonyl (C=O) groups is 2. The van der Waals surface area contributed by atoms with Crippen molar-refractivity contribution in [3.05, 3.63) is 109 Å². The van der Waals surface area contributed by atoms with Crippen LogP contribution in [0.25, 0.3) is 0 Å². The number of carbonyl (C=O) groups excluding carboxylic acids is 2. The molecule has 0 spiro atoms. The van der Waals surface area contributed by atoms with E-state index >= 15 is 0 Å². The van der Waals surface area contributed by atoms with Crippen LogP contribution in [0.4, 0.5) is 15.9 Å². The molecule has 2 aromatic carbocycles. The highest BCUT2D eigenvalue weighted by Crippen LogP contribution is 2.29. The van der Waals surface area contributed by atoms with Gasteiger partial charge in [-0.2, -0.15) is 0 Å². The summed E-state index contributed by atoms with van der Waals surface area (Å²) in [6.45, 7) is -0.625. The summed E-state index contributed by atoms with van der Waals surface area (Å²) in [6.07, 6.45) is 4.42. The molecule has 35 heavy (non-hydrogen) atoms. The molecule has 0 aliphatic carbocycles. The van der Waals surface area contributed by atoms with Crippen molar-refractivity contribution in [2.75, 3.05) is 11.5 Å². The van der Waals surface area contributed by atoms with Gasteiger partial charge in [-0.25, -0.2) is 9.37 Å². The average molecular weight is 472 g/mol. The molecule has 0 bridgehead atoms. The molecule has 4 aromatic rings. The van der Waals surface area contributed by atoms with Crippen LogP contribution in [0.3, 0.4) is 0 Å². The van der Waals surface area contributed by atoms with E-state index in [1.54, 1.807) is 54.6 Å². The molecule has 1 unspecified atom stereocenters. The summed E-state index contributed by atoms with van der Waals surface area (Å²) in [5.74, 6) is -0.275. The SMILES string of the molecule is O=C(NC(CO)C(=O)N(c1ccc(Oc2ccc(F)cc2)cc1)c1ccccn1)c1cccnc1. The lowest BCUT2D eigenvalue weighted by molar-refractivity contribution is -0.120. The number of hydrogen-bond donors (Lipinski definition) is 2. The number of nitrogens with one attached hydrogen (secondary N) is 1. The number of amides is 2. The monoisotopic (exact) mass is 472 g/mol. The summed E-state index contributed by atoms with van der Waals surface area (Å²) in [6, 6.07) is 19.1. The molecule has 9 heteroatoms. The Morgan fingerprint density at radius 3 is 2.26 bits per heavy atom. The summed E-state index contributed by atoms with van der Waals surface area (Å²) in [4.78, 5) is 35.5. The molecule has 8 nitrogen and oxygen atoms in total. The summed E-state index contributed by atoms with van der Waals surface area (Å²) < 4.78 is 18.8. The highest BCUT2D eigenvalue weighted by molar-refractivity contribution is 6.05. The van der Waals surface area contributed by atoms with E-state index in [4.69, 9.17) is 4.74 Å². The number of ether oxygens (including phenoxy) is 1. The molecule has 2 N–H and O–H groups in total. The van der Waals surface area contributed by atoms with Crippen LogP contribution in [0, 0.1) is 5.82 Å². The zero-order valence-corrected chi connectivity index (χ0v) is 18.4. The van der Waals surface area contributed by atoms with E-state index in [0.717, 1.165) is 0 Å². The number of aliphatic hydroxyl groups excluding tert-OH is 1. The van der Waals surface area contributed by atoms with Crippen LogP contribution >= 0.6 is 0 Å². The highest BCUT2D eigenvalue weighted by Gasteiger charge is 2.29. The molecule has 0 aliphatic rings. The number of pyridine rings is 2. The number of aliphatic hydroxyl groups is 1. The van der Waals surface area contributed by atoms with E-state index in [2.05, 4.69) is 15.3 Å². The van der Waals surface area contributed by atoms with Gasteiger partial charge >= 0.3 is 0 Å². The molecule has 0 saturated carbocycles. The van der Waals surface area contributed by atoms with Crippen LogP contribution in [0.15, 0.2) is 97.5 Å². The van der Waals surface area contributed by atoms with Gasteiger partial charge in [-0.05, 0) is 72.8 Å². The molecular weight excluding hydrogens is 451 g/mol. The van der Waals surface area contributed by atoms with Gasteiger partial charge in [-0.15, -0.1) is 0 Å². The fraction of sp³-hybridized carbons (Fsp3) is 0.0769. The van der Waals surface area contributed by atoms with E-state index < -0.39 is 24.5 Å². The third kappa shape index (κ3) is 5.84. The maximum atomic E-state index is 13.5. The largest absolute Gasteiger partial charge is 0.457 e. The Bertz CT molecular complexity index is 1270. The number of aromatic nitrogens is 2. The van der Waals surface area contributed by atoms with Crippen molar-refractivity contribution in [1.82, 2.24) is 15.3 Å². The number of benzene rings is 2. The Morgan fingerprint density at radius 2 is 1.66 bits per heavy atom. The third-order valence-electron chi connectivity index (χ3n) is 4.95. The van der Waals surface area contributed by atoms with Gasteiger partial charge in [0.25, 0.3) is 11.8 Å². The number of nitrogens with zero attached hydrogens (tertiary/aromatic N) is 3. The molecule has 2 amide bonds. The zero-order chi connectivity index (χ0) is 24.6. The van der Waals surface area contributed by atoms with Gasteiger partial charge in [0.05, 0.1) is 17.9 Å². The summed E-state index contributed by atoms with van der Waals surface area (Å²) in [7, 11) is 0. The topological polar surface area (TPSA) is 105 Å². The molecular formula is C26H21FN4O4. The Labute approximate surface area is 200 Å². The fourth-order valence-electron chi connectivity index (χ4n) is 3.24. The Hall–Kier alpha value is -4.63. The van der Waals surface area contributed by atoms with Crippen LogP contribution in [0.2, 0.25) is 0 Å². The molecule has 2 aromatic heterocycles. The van der Waals surface area contributed by atoms with Gasteiger partial charge < -0.3 is 15.2 Å². The first kappa shape index (κ1) is 23.5. The second kappa shape index (κ2) is 11.0. The minimum atomic E-state index is -1.24. The smallest absolute Gasteiger partial charge is 0.257 e. The first-order valence-electron chi connectivity index (χ1n) is 10.7.